The number of fused-ring (bicyclic) bond motifs is 2. The summed E-state index contributed by atoms with van der Waals surface area (Å²) in [6.45, 7) is 10.5. The summed E-state index contributed by atoms with van der Waals surface area (Å²) in [5, 5.41) is 7.86. The molecule has 4 aromatic rings. The van der Waals surface area contributed by atoms with Gasteiger partial charge in [0.1, 0.15) is 5.39 Å². The molecule has 34 heavy (non-hydrogen) atoms. The van der Waals surface area contributed by atoms with Gasteiger partial charge in [-0.15, -0.1) is 0 Å². The van der Waals surface area contributed by atoms with E-state index in [0.717, 1.165) is 41.6 Å². The van der Waals surface area contributed by atoms with Crippen molar-refractivity contribution in [2.24, 2.45) is 0 Å². The lowest BCUT2D eigenvalue weighted by Gasteiger charge is -2.20. The van der Waals surface area contributed by atoms with Crippen molar-refractivity contribution in [3.8, 4) is 5.69 Å². The summed E-state index contributed by atoms with van der Waals surface area (Å²) in [6.07, 6.45) is 4.27. The van der Waals surface area contributed by atoms with E-state index in [9.17, 15) is 4.79 Å². The van der Waals surface area contributed by atoms with Gasteiger partial charge in [0.05, 0.1) is 5.69 Å². The van der Waals surface area contributed by atoms with Gasteiger partial charge >= 0.3 is 0 Å². The molecule has 0 amide bonds. The number of hydrogen-bond donors (Lipinski definition) is 2. The van der Waals surface area contributed by atoms with Crippen molar-refractivity contribution >= 4 is 34.3 Å². The largest absolute Gasteiger partial charge is 0.324 e. The molecule has 8 nitrogen and oxygen atoms in total. The second kappa shape index (κ2) is 8.52. The molecule has 0 saturated heterocycles. The Morgan fingerprint density at radius 2 is 2.03 bits per heavy atom. The molecule has 0 radical (unpaired) electrons. The minimum absolute atomic E-state index is 0.124. The fraction of sp³-hybridized carbons (Fsp3) is 0.360. The van der Waals surface area contributed by atoms with Crippen LogP contribution in [0.1, 0.15) is 44.5 Å². The lowest BCUT2D eigenvalue weighted by atomic mass is 9.91. The molecule has 1 aliphatic rings. The maximum Gasteiger partial charge on any atom is 0.278 e. The van der Waals surface area contributed by atoms with Crippen LogP contribution in [-0.2, 0) is 24.9 Å². The molecular weight excluding hydrogens is 450 g/mol. The Bertz CT molecular complexity index is 1450. The highest BCUT2D eigenvalue weighted by Crippen LogP contribution is 2.29. The van der Waals surface area contributed by atoms with Crippen molar-refractivity contribution in [3.05, 3.63) is 68.9 Å². The van der Waals surface area contributed by atoms with Crippen molar-refractivity contribution in [2.45, 2.75) is 52.6 Å². The van der Waals surface area contributed by atoms with Gasteiger partial charge in [-0.2, -0.15) is 4.98 Å². The molecule has 0 aliphatic carbocycles. The van der Waals surface area contributed by atoms with Crippen molar-refractivity contribution in [2.75, 3.05) is 11.9 Å². The monoisotopic (exact) mass is 477 g/mol. The van der Waals surface area contributed by atoms with Gasteiger partial charge in [-0.1, -0.05) is 32.4 Å². The Hall–Kier alpha value is -3.23. The minimum atomic E-state index is -0.126. The van der Waals surface area contributed by atoms with Gasteiger partial charge in [0.2, 0.25) is 5.95 Å². The number of anilines is 2. The van der Waals surface area contributed by atoms with Crippen LogP contribution in [0, 0.1) is 0 Å². The highest BCUT2D eigenvalue weighted by molar-refractivity contribution is 6.31. The van der Waals surface area contributed by atoms with E-state index in [1.54, 1.807) is 17.1 Å². The molecule has 1 aliphatic heterocycles. The standard InChI is InChI=1S/C25H28ClN7O/c1-5-32-23(34)19-14-29-24(30-16-10-15-13-27-8-7-18(15)20(26)11-16)31-22(19)33(32)17-6-9-28-21(12-17)25(2,3)4/h6,9-12,14,27H,5,7-8,13H2,1-4H3,(H,29,30,31). The van der Waals surface area contributed by atoms with Crippen molar-refractivity contribution < 1.29 is 0 Å². The zero-order chi connectivity index (χ0) is 24.0. The molecule has 0 fully saturated rings. The van der Waals surface area contributed by atoms with Gasteiger partial charge in [-0.3, -0.25) is 9.78 Å². The average molecular weight is 478 g/mol. The van der Waals surface area contributed by atoms with Crippen LogP contribution in [0.4, 0.5) is 11.6 Å². The number of rotatable bonds is 4. The van der Waals surface area contributed by atoms with Crippen LogP contribution in [0.2, 0.25) is 5.02 Å². The van der Waals surface area contributed by atoms with Gasteiger partial charge in [0.25, 0.3) is 5.56 Å². The Kier molecular flexibility index (Phi) is 5.65. The number of benzene rings is 1. The summed E-state index contributed by atoms with van der Waals surface area (Å²) in [5.74, 6) is 0.402. The summed E-state index contributed by atoms with van der Waals surface area (Å²) < 4.78 is 3.53. The molecule has 0 unspecified atom stereocenters. The van der Waals surface area contributed by atoms with E-state index in [-0.39, 0.29) is 11.0 Å². The van der Waals surface area contributed by atoms with Gasteiger partial charge in [-0.05, 0) is 55.3 Å². The van der Waals surface area contributed by atoms with Crippen LogP contribution in [0.25, 0.3) is 16.7 Å². The highest BCUT2D eigenvalue weighted by Gasteiger charge is 2.20. The molecule has 176 valence electrons. The predicted molar refractivity (Wildman–Crippen MR) is 135 cm³/mol. The average Bonchev–Trinajstić information content (AvgIpc) is 3.09. The number of aromatic nitrogens is 5. The van der Waals surface area contributed by atoms with E-state index in [1.165, 1.54) is 11.1 Å². The van der Waals surface area contributed by atoms with E-state index in [2.05, 4.69) is 47.4 Å². The predicted octanol–water partition coefficient (Wildman–Crippen LogP) is 4.34. The minimum Gasteiger partial charge on any atom is -0.324 e. The third-order valence-corrected chi connectivity index (χ3v) is 6.48. The number of nitrogens with one attached hydrogen (secondary N) is 2. The first-order valence-electron chi connectivity index (χ1n) is 11.5. The molecule has 3 aromatic heterocycles. The fourth-order valence-corrected chi connectivity index (χ4v) is 4.70. The molecule has 0 spiro atoms. The maximum atomic E-state index is 13.1. The third-order valence-electron chi connectivity index (χ3n) is 6.14. The van der Waals surface area contributed by atoms with Crippen LogP contribution < -0.4 is 16.2 Å². The molecule has 0 saturated carbocycles. The summed E-state index contributed by atoms with van der Waals surface area (Å²) in [5.41, 5.74) is 5.23. The van der Waals surface area contributed by atoms with Crippen molar-refractivity contribution in [3.63, 3.8) is 0 Å². The van der Waals surface area contributed by atoms with Crippen LogP contribution in [0.15, 0.2) is 41.5 Å². The first-order chi connectivity index (χ1) is 16.3. The molecule has 4 heterocycles. The molecule has 2 N–H and O–H groups in total. The SMILES string of the molecule is CCn1c(=O)c2cnc(Nc3cc(Cl)c4c(c3)CNCC4)nc2n1-c1ccnc(C(C)(C)C)c1. The van der Waals surface area contributed by atoms with E-state index < -0.39 is 0 Å². The van der Waals surface area contributed by atoms with Crippen LogP contribution in [0.5, 0.6) is 0 Å². The number of nitrogens with zero attached hydrogens (tertiary/aromatic N) is 5. The fourth-order valence-electron chi connectivity index (χ4n) is 4.37. The summed E-state index contributed by atoms with van der Waals surface area (Å²) in [7, 11) is 0. The van der Waals surface area contributed by atoms with Gasteiger partial charge in [0.15, 0.2) is 5.65 Å². The van der Waals surface area contributed by atoms with Gasteiger partial charge < -0.3 is 10.6 Å². The summed E-state index contributed by atoms with van der Waals surface area (Å²) in [4.78, 5) is 26.8. The molecule has 5 rings (SSSR count). The Balaban J connectivity index is 1.61. The van der Waals surface area contributed by atoms with Crippen molar-refractivity contribution in [1.29, 1.82) is 0 Å². The summed E-state index contributed by atoms with van der Waals surface area (Å²) in [6, 6.07) is 7.88. The molecule has 9 heteroatoms. The number of halogens is 1. The first-order valence-corrected chi connectivity index (χ1v) is 11.9. The normalized spacial score (nSPS) is 13.8. The van der Waals surface area contributed by atoms with E-state index in [4.69, 9.17) is 16.6 Å². The zero-order valence-corrected chi connectivity index (χ0v) is 20.6. The Morgan fingerprint density at radius 3 is 2.79 bits per heavy atom. The second-order valence-corrected chi connectivity index (χ2v) is 9.97. The topological polar surface area (TPSA) is 89.7 Å². The van der Waals surface area contributed by atoms with Gasteiger partial charge in [-0.25, -0.2) is 14.3 Å². The van der Waals surface area contributed by atoms with Gasteiger partial charge in [0, 0.05) is 47.3 Å². The van der Waals surface area contributed by atoms with Crippen LogP contribution in [0.3, 0.4) is 0 Å². The molecule has 0 bridgehead atoms. The lowest BCUT2D eigenvalue weighted by molar-refractivity contribution is 0.557. The zero-order valence-electron chi connectivity index (χ0n) is 19.8. The van der Waals surface area contributed by atoms with Crippen molar-refractivity contribution in [1.82, 2.24) is 29.6 Å². The Labute approximate surface area is 203 Å². The third kappa shape index (κ3) is 3.97. The lowest BCUT2D eigenvalue weighted by Crippen LogP contribution is -2.23. The van der Waals surface area contributed by atoms with E-state index in [0.29, 0.717) is 23.5 Å². The second-order valence-electron chi connectivity index (χ2n) is 9.56. The molecule has 0 atom stereocenters. The highest BCUT2D eigenvalue weighted by atomic mass is 35.5. The smallest absolute Gasteiger partial charge is 0.278 e. The number of hydrogen-bond acceptors (Lipinski definition) is 6. The molecule has 1 aromatic carbocycles. The van der Waals surface area contributed by atoms with E-state index in [1.807, 2.05) is 29.8 Å². The quantitative estimate of drug-likeness (QED) is 0.454. The van der Waals surface area contributed by atoms with E-state index >= 15 is 0 Å². The van der Waals surface area contributed by atoms with Crippen LogP contribution in [-0.4, -0.2) is 30.9 Å². The van der Waals surface area contributed by atoms with Crippen LogP contribution >= 0.6 is 11.6 Å². The maximum absolute atomic E-state index is 13.1. The summed E-state index contributed by atoms with van der Waals surface area (Å²) >= 11 is 6.55. The Morgan fingerprint density at radius 1 is 1.21 bits per heavy atom. The molecular formula is C25H28ClN7O. The first kappa shape index (κ1) is 22.6. The number of pyridine rings is 1.